The molecule has 2 aromatic rings. The zero-order valence-electron chi connectivity index (χ0n) is 9.86. The highest BCUT2D eigenvalue weighted by Gasteiger charge is 2.15. The van der Waals surface area contributed by atoms with Crippen LogP contribution < -0.4 is 0 Å². The van der Waals surface area contributed by atoms with Crippen LogP contribution in [0.1, 0.15) is 37.4 Å². The summed E-state index contributed by atoms with van der Waals surface area (Å²) >= 11 is 11.6. The zero-order chi connectivity index (χ0) is 13.1. The molecule has 0 atom stereocenters. The van der Waals surface area contributed by atoms with Crippen molar-refractivity contribution in [1.29, 1.82) is 0 Å². The topological polar surface area (TPSA) is 60.7 Å². The molecular weight excluding hydrogens is 275 g/mol. The van der Waals surface area contributed by atoms with Gasteiger partial charge in [-0.3, -0.25) is 9.36 Å². The Morgan fingerprint density at radius 3 is 2.83 bits per heavy atom. The van der Waals surface area contributed by atoms with E-state index in [0.29, 0.717) is 17.6 Å². The molecular formula is C11H12Cl2N4O. The molecule has 0 spiro atoms. The second kappa shape index (κ2) is 5.63. The number of aromatic nitrogens is 4. The number of unbranched alkanes of at least 4 members (excludes halogenated alkanes) is 2. The van der Waals surface area contributed by atoms with E-state index >= 15 is 0 Å². The Balaban J connectivity index is 2.31. The van der Waals surface area contributed by atoms with E-state index in [1.807, 2.05) is 0 Å². The Kier molecular flexibility index (Phi) is 4.14. The smallest absolute Gasteiger partial charge is 0.232 e. The highest BCUT2D eigenvalue weighted by molar-refractivity contribution is 6.35. The second-order valence-electron chi connectivity index (χ2n) is 3.92. The van der Waals surface area contributed by atoms with Gasteiger partial charge in [-0.15, -0.1) is 0 Å². The number of hydrogen-bond donors (Lipinski definition) is 0. The van der Waals surface area contributed by atoms with Crippen molar-refractivity contribution in [3.05, 3.63) is 16.8 Å². The molecule has 0 unspecified atom stereocenters. The molecule has 0 N–H and O–H groups in total. The van der Waals surface area contributed by atoms with Gasteiger partial charge >= 0.3 is 0 Å². The fourth-order valence-electron chi connectivity index (χ4n) is 1.69. The predicted molar refractivity (Wildman–Crippen MR) is 70.1 cm³/mol. The van der Waals surface area contributed by atoms with Crippen LogP contribution in [0.5, 0.6) is 0 Å². The lowest BCUT2D eigenvalue weighted by atomic mass is 10.2. The van der Waals surface area contributed by atoms with Gasteiger partial charge in [0.25, 0.3) is 0 Å². The Morgan fingerprint density at radius 1 is 1.33 bits per heavy atom. The number of hydrogen-bond acceptors (Lipinski definition) is 4. The summed E-state index contributed by atoms with van der Waals surface area (Å²) in [5.74, 6) is -0.0567. The van der Waals surface area contributed by atoms with Gasteiger partial charge in [0.05, 0.1) is 0 Å². The molecule has 0 radical (unpaired) electrons. The number of halogens is 2. The average molecular weight is 287 g/mol. The van der Waals surface area contributed by atoms with Crippen LogP contribution in [0.3, 0.4) is 0 Å². The number of fused-ring (bicyclic) bond motifs is 1. The normalized spacial score (nSPS) is 11.1. The lowest BCUT2D eigenvalue weighted by molar-refractivity contribution is 0.0904. The molecule has 0 aliphatic rings. The van der Waals surface area contributed by atoms with Crippen molar-refractivity contribution < 1.29 is 4.79 Å². The molecule has 2 aromatic heterocycles. The first-order valence-electron chi connectivity index (χ1n) is 5.72. The molecule has 0 aliphatic carbocycles. The van der Waals surface area contributed by atoms with E-state index in [1.165, 1.54) is 10.9 Å². The van der Waals surface area contributed by atoms with Crippen LogP contribution in [0.2, 0.25) is 10.4 Å². The van der Waals surface area contributed by atoms with E-state index in [0.717, 1.165) is 19.3 Å². The molecule has 0 saturated carbocycles. The van der Waals surface area contributed by atoms with Gasteiger partial charge in [-0.1, -0.05) is 31.4 Å². The molecule has 0 amide bonds. The predicted octanol–water partition coefficient (Wildman–Crippen LogP) is 3.35. The van der Waals surface area contributed by atoms with Gasteiger partial charge in [-0.2, -0.15) is 4.98 Å². The largest absolute Gasteiger partial charge is 0.274 e. The highest BCUT2D eigenvalue weighted by atomic mass is 35.5. The summed E-state index contributed by atoms with van der Waals surface area (Å²) in [6, 6.07) is 0. The van der Waals surface area contributed by atoms with Gasteiger partial charge in [0.2, 0.25) is 11.2 Å². The van der Waals surface area contributed by atoms with Gasteiger partial charge in [-0.25, -0.2) is 9.97 Å². The van der Waals surface area contributed by atoms with Crippen LogP contribution in [0.25, 0.3) is 11.2 Å². The summed E-state index contributed by atoms with van der Waals surface area (Å²) in [5.41, 5.74) is 0.756. The quantitative estimate of drug-likeness (QED) is 0.491. The van der Waals surface area contributed by atoms with E-state index in [1.54, 1.807) is 0 Å². The van der Waals surface area contributed by atoms with E-state index in [4.69, 9.17) is 23.2 Å². The van der Waals surface area contributed by atoms with Crippen LogP contribution in [-0.4, -0.2) is 25.4 Å². The minimum atomic E-state index is -0.0567. The van der Waals surface area contributed by atoms with Crippen molar-refractivity contribution in [2.24, 2.45) is 0 Å². The molecule has 0 bridgehead atoms. The van der Waals surface area contributed by atoms with E-state index in [-0.39, 0.29) is 16.3 Å². The van der Waals surface area contributed by atoms with Crippen molar-refractivity contribution >= 4 is 40.3 Å². The summed E-state index contributed by atoms with van der Waals surface area (Å²) in [6.07, 6.45) is 4.81. The van der Waals surface area contributed by atoms with Crippen molar-refractivity contribution in [2.45, 2.75) is 32.6 Å². The fourth-order valence-corrected chi connectivity index (χ4v) is 2.16. The van der Waals surface area contributed by atoms with Gasteiger partial charge in [0.15, 0.2) is 10.8 Å². The van der Waals surface area contributed by atoms with E-state index in [2.05, 4.69) is 21.9 Å². The van der Waals surface area contributed by atoms with Gasteiger partial charge in [-0.05, 0) is 18.0 Å². The molecule has 96 valence electrons. The summed E-state index contributed by atoms with van der Waals surface area (Å²) in [4.78, 5) is 23.8. The maximum absolute atomic E-state index is 12.0. The van der Waals surface area contributed by atoms with E-state index in [9.17, 15) is 4.79 Å². The van der Waals surface area contributed by atoms with Crippen LogP contribution >= 0.6 is 23.2 Å². The maximum atomic E-state index is 12.0. The third-order valence-corrected chi connectivity index (χ3v) is 3.03. The standard InChI is InChI=1S/C11H12Cl2N4O/c1-2-3-4-5-7(18)17-6-14-10-8(17)9(12)15-11(13)16-10/h6H,2-5H2,1H3. The van der Waals surface area contributed by atoms with Gasteiger partial charge < -0.3 is 0 Å². The van der Waals surface area contributed by atoms with Crippen molar-refractivity contribution in [3.63, 3.8) is 0 Å². The van der Waals surface area contributed by atoms with Crippen molar-refractivity contribution in [2.75, 3.05) is 0 Å². The monoisotopic (exact) mass is 286 g/mol. The third-order valence-electron chi connectivity index (χ3n) is 2.60. The Hall–Kier alpha value is -1.20. The molecule has 2 heterocycles. The third kappa shape index (κ3) is 2.62. The lowest BCUT2D eigenvalue weighted by Gasteiger charge is -2.03. The Morgan fingerprint density at radius 2 is 2.11 bits per heavy atom. The first-order valence-corrected chi connectivity index (χ1v) is 6.48. The van der Waals surface area contributed by atoms with E-state index < -0.39 is 0 Å². The molecule has 7 heteroatoms. The average Bonchev–Trinajstić information content (AvgIpc) is 2.73. The fraction of sp³-hybridized carbons (Fsp3) is 0.455. The van der Waals surface area contributed by atoms with Gasteiger partial charge in [0, 0.05) is 6.42 Å². The number of imidazole rings is 1. The van der Waals surface area contributed by atoms with Crippen molar-refractivity contribution in [1.82, 2.24) is 19.5 Å². The number of rotatable bonds is 4. The molecule has 2 rings (SSSR count). The van der Waals surface area contributed by atoms with Crippen LogP contribution in [0.15, 0.2) is 6.33 Å². The molecule has 5 nitrogen and oxygen atoms in total. The summed E-state index contributed by atoms with van der Waals surface area (Å²) < 4.78 is 1.39. The number of carbonyl (C=O) groups is 1. The number of nitrogens with zero attached hydrogens (tertiary/aromatic N) is 4. The summed E-state index contributed by atoms with van der Waals surface area (Å²) in [5, 5.41) is 0.169. The van der Waals surface area contributed by atoms with Crippen molar-refractivity contribution in [3.8, 4) is 0 Å². The second-order valence-corrected chi connectivity index (χ2v) is 4.62. The van der Waals surface area contributed by atoms with Crippen LogP contribution in [0.4, 0.5) is 0 Å². The zero-order valence-corrected chi connectivity index (χ0v) is 11.4. The number of carbonyl (C=O) groups excluding carboxylic acids is 1. The van der Waals surface area contributed by atoms with Crippen LogP contribution in [0, 0.1) is 0 Å². The SMILES string of the molecule is CCCCCC(=O)n1cnc2nc(Cl)nc(Cl)c21. The molecule has 0 aliphatic heterocycles. The minimum absolute atomic E-state index is 0.0242. The molecule has 18 heavy (non-hydrogen) atoms. The van der Waals surface area contributed by atoms with Crippen LogP contribution in [-0.2, 0) is 0 Å². The maximum Gasteiger partial charge on any atom is 0.232 e. The minimum Gasteiger partial charge on any atom is -0.274 e. The first-order chi connectivity index (χ1) is 8.63. The molecule has 0 fully saturated rings. The first kappa shape index (κ1) is 13.2. The van der Waals surface area contributed by atoms with Gasteiger partial charge in [0.1, 0.15) is 11.8 Å². The summed E-state index contributed by atoms with van der Waals surface area (Å²) in [7, 11) is 0. The Bertz CT molecular complexity index is 582. The summed E-state index contributed by atoms with van der Waals surface area (Å²) in [6.45, 7) is 2.09. The highest BCUT2D eigenvalue weighted by Crippen LogP contribution is 2.21. The Labute approximate surface area is 114 Å². The molecule has 0 aromatic carbocycles. The lowest BCUT2D eigenvalue weighted by Crippen LogP contribution is -2.09. The molecule has 0 saturated heterocycles.